The lowest BCUT2D eigenvalue weighted by Crippen LogP contribution is -2.41. The SMILES string of the molecule is CCNCC(C)(CC)CN1CCC(c2ccccc2)C1. The van der Waals surface area contributed by atoms with Crippen molar-refractivity contribution in [1.29, 1.82) is 0 Å². The fourth-order valence-corrected chi connectivity index (χ4v) is 3.23. The molecule has 2 heteroatoms. The van der Waals surface area contributed by atoms with E-state index in [2.05, 4.69) is 61.3 Å². The Kier molecular flexibility index (Phi) is 5.62. The third-order valence-electron chi connectivity index (χ3n) is 4.80. The molecule has 20 heavy (non-hydrogen) atoms. The molecule has 2 atom stereocenters. The molecule has 112 valence electrons. The summed E-state index contributed by atoms with van der Waals surface area (Å²) in [6.07, 6.45) is 2.55. The number of rotatable bonds is 7. The van der Waals surface area contributed by atoms with Gasteiger partial charge >= 0.3 is 0 Å². The van der Waals surface area contributed by atoms with Crippen LogP contribution in [0.3, 0.4) is 0 Å². The van der Waals surface area contributed by atoms with E-state index in [-0.39, 0.29) is 0 Å². The lowest BCUT2D eigenvalue weighted by atomic mass is 9.86. The monoisotopic (exact) mass is 274 g/mol. The first-order valence-corrected chi connectivity index (χ1v) is 8.15. The molecule has 1 saturated heterocycles. The zero-order valence-electron chi connectivity index (χ0n) is 13.4. The van der Waals surface area contributed by atoms with E-state index in [0.29, 0.717) is 5.41 Å². The fraction of sp³-hybridized carbons (Fsp3) is 0.667. The van der Waals surface area contributed by atoms with Gasteiger partial charge in [-0.15, -0.1) is 0 Å². The standard InChI is InChI=1S/C18H30N2/c1-4-18(3,14-19-5-2)15-20-12-11-17(13-20)16-9-7-6-8-10-16/h6-10,17,19H,4-5,11-15H2,1-3H3. The summed E-state index contributed by atoms with van der Waals surface area (Å²) in [7, 11) is 0. The first kappa shape index (κ1) is 15.5. The zero-order valence-corrected chi connectivity index (χ0v) is 13.4. The van der Waals surface area contributed by atoms with Crippen molar-refractivity contribution in [2.75, 3.05) is 32.7 Å². The van der Waals surface area contributed by atoms with Crippen LogP contribution in [0.25, 0.3) is 0 Å². The van der Waals surface area contributed by atoms with Crippen molar-refractivity contribution in [2.24, 2.45) is 5.41 Å². The molecule has 0 saturated carbocycles. The quantitative estimate of drug-likeness (QED) is 0.818. The van der Waals surface area contributed by atoms with Crippen LogP contribution in [0, 0.1) is 5.41 Å². The van der Waals surface area contributed by atoms with Crippen molar-refractivity contribution >= 4 is 0 Å². The minimum atomic E-state index is 0.404. The summed E-state index contributed by atoms with van der Waals surface area (Å²) < 4.78 is 0. The highest BCUT2D eigenvalue weighted by molar-refractivity contribution is 5.21. The van der Waals surface area contributed by atoms with Gasteiger partial charge in [-0.05, 0) is 42.8 Å². The maximum atomic E-state index is 3.53. The predicted octanol–water partition coefficient (Wildman–Crippen LogP) is 3.50. The van der Waals surface area contributed by atoms with Crippen LogP contribution in [-0.4, -0.2) is 37.6 Å². The number of likely N-dealkylation sites (tertiary alicyclic amines) is 1. The Bertz CT molecular complexity index is 390. The van der Waals surface area contributed by atoms with Crippen LogP contribution in [0.2, 0.25) is 0 Å². The Morgan fingerprint density at radius 3 is 2.65 bits per heavy atom. The molecular formula is C18H30N2. The van der Waals surface area contributed by atoms with Gasteiger partial charge in [-0.3, -0.25) is 0 Å². The highest BCUT2D eigenvalue weighted by Crippen LogP contribution is 2.30. The third-order valence-corrected chi connectivity index (χ3v) is 4.80. The molecule has 2 unspecified atom stereocenters. The van der Waals surface area contributed by atoms with Crippen LogP contribution >= 0.6 is 0 Å². The Labute approximate surface area is 124 Å². The van der Waals surface area contributed by atoms with Crippen molar-refractivity contribution < 1.29 is 0 Å². The van der Waals surface area contributed by atoms with Gasteiger partial charge in [0.2, 0.25) is 0 Å². The third kappa shape index (κ3) is 4.07. The zero-order chi connectivity index (χ0) is 14.4. The fourth-order valence-electron chi connectivity index (χ4n) is 3.23. The van der Waals surface area contributed by atoms with E-state index in [1.54, 1.807) is 0 Å². The molecule has 2 nitrogen and oxygen atoms in total. The van der Waals surface area contributed by atoms with E-state index in [0.717, 1.165) is 19.0 Å². The minimum Gasteiger partial charge on any atom is -0.316 e. The summed E-state index contributed by atoms with van der Waals surface area (Å²) in [4.78, 5) is 2.67. The Morgan fingerprint density at radius 2 is 2.00 bits per heavy atom. The number of nitrogens with zero attached hydrogens (tertiary/aromatic N) is 1. The molecule has 1 heterocycles. The van der Waals surface area contributed by atoms with Crippen LogP contribution < -0.4 is 5.32 Å². The lowest BCUT2D eigenvalue weighted by Gasteiger charge is -2.33. The van der Waals surface area contributed by atoms with E-state index in [9.17, 15) is 0 Å². The molecule has 1 aromatic rings. The Balaban J connectivity index is 1.89. The highest BCUT2D eigenvalue weighted by atomic mass is 15.2. The van der Waals surface area contributed by atoms with Crippen molar-refractivity contribution in [3.63, 3.8) is 0 Å². The summed E-state index contributed by atoms with van der Waals surface area (Å²) in [6.45, 7) is 12.8. The Morgan fingerprint density at radius 1 is 1.25 bits per heavy atom. The molecule has 0 aromatic heterocycles. The van der Waals surface area contributed by atoms with E-state index in [4.69, 9.17) is 0 Å². The lowest BCUT2D eigenvalue weighted by molar-refractivity contribution is 0.179. The second kappa shape index (κ2) is 7.24. The average molecular weight is 274 g/mol. The molecule has 0 radical (unpaired) electrons. The molecule has 1 aromatic carbocycles. The van der Waals surface area contributed by atoms with Crippen LogP contribution in [0.5, 0.6) is 0 Å². The van der Waals surface area contributed by atoms with Crippen LogP contribution in [0.4, 0.5) is 0 Å². The van der Waals surface area contributed by atoms with E-state index in [1.165, 1.54) is 38.0 Å². The summed E-state index contributed by atoms with van der Waals surface area (Å²) in [5.74, 6) is 0.733. The van der Waals surface area contributed by atoms with Crippen molar-refractivity contribution in [1.82, 2.24) is 10.2 Å². The summed E-state index contributed by atoms with van der Waals surface area (Å²) >= 11 is 0. The number of hydrogen-bond acceptors (Lipinski definition) is 2. The molecule has 1 N–H and O–H groups in total. The van der Waals surface area contributed by atoms with E-state index in [1.807, 2.05) is 0 Å². The van der Waals surface area contributed by atoms with Gasteiger partial charge in [0.1, 0.15) is 0 Å². The smallest absolute Gasteiger partial charge is 0.00510 e. The molecule has 1 fully saturated rings. The van der Waals surface area contributed by atoms with Crippen molar-refractivity contribution in [3.05, 3.63) is 35.9 Å². The van der Waals surface area contributed by atoms with Gasteiger partial charge in [-0.25, -0.2) is 0 Å². The van der Waals surface area contributed by atoms with Crippen molar-refractivity contribution in [2.45, 2.75) is 39.5 Å². The van der Waals surface area contributed by atoms with Gasteiger partial charge < -0.3 is 10.2 Å². The molecule has 1 aliphatic rings. The maximum absolute atomic E-state index is 3.53. The number of benzene rings is 1. The predicted molar refractivity (Wildman–Crippen MR) is 87.2 cm³/mol. The largest absolute Gasteiger partial charge is 0.316 e. The van der Waals surface area contributed by atoms with Gasteiger partial charge in [0, 0.05) is 19.6 Å². The van der Waals surface area contributed by atoms with E-state index < -0.39 is 0 Å². The van der Waals surface area contributed by atoms with Gasteiger partial charge in [-0.1, -0.05) is 51.1 Å². The number of nitrogens with one attached hydrogen (secondary N) is 1. The highest BCUT2D eigenvalue weighted by Gasteiger charge is 2.30. The minimum absolute atomic E-state index is 0.404. The second-order valence-corrected chi connectivity index (χ2v) is 6.58. The molecule has 0 bridgehead atoms. The molecule has 0 aliphatic carbocycles. The first-order valence-electron chi connectivity index (χ1n) is 8.15. The van der Waals surface area contributed by atoms with Crippen LogP contribution in [0.1, 0.15) is 45.1 Å². The first-order chi connectivity index (χ1) is 9.67. The van der Waals surface area contributed by atoms with Crippen LogP contribution in [0.15, 0.2) is 30.3 Å². The number of hydrogen-bond donors (Lipinski definition) is 1. The van der Waals surface area contributed by atoms with Crippen molar-refractivity contribution in [3.8, 4) is 0 Å². The van der Waals surface area contributed by atoms with Gasteiger partial charge in [0.15, 0.2) is 0 Å². The second-order valence-electron chi connectivity index (χ2n) is 6.58. The summed E-state index contributed by atoms with van der Waals surface area (Å²) in [5, 5.41) is 3.53. The summed E-state index contributed by atoms with van der Waals surface area (Å²) in [6, 6.07) is 11.0. The molecule has 2 rings (SSSR count). The molecular weight excluding hydrogens is 244 g/mol. The molecule has 1 aliphatic heterocycles. The topological polar surface area (TPSA) is 15.3 Å². The summed E-state index contributed by atoms with van der Waals surface area (Å²) in [5.41, 5.74) is 1.92. The van der Waals surface area contributed by atoms with Gasteiger partial charge in [0.25, 0.3) is 0 Å². The van der Waals surface area contributed by atoms with E-state index >= 15 is 0 Å². The van der Waals surface area contributed by atoms with Gasteiger partial charge in [0.05, 0.1) is 0 Å². The Hall–Kier alpha value is -0.860. The normalized spacial score (nSPS) is 22.9. The average Bonchev–Trinajstić information content (AvgIpc) is 2.94. The molecule has 0 amide bonds. The molecule has 0 spiro atoms. The van der Waals surface area contributed by atoms with Gasteiger partial charge in [-0.2, -0.15) is 0 Å². The maximum Gasteiger partial charge on any atom is 0.00510 e. The van der Waals surface area contributed by atoms with Crippen LogP contribution in [-0.2, 0) is 0 Å².